The van der Waals surface area contributed by atoms with E-state index in [4.69, 9.17) is 19.0 Å². The quantitative estimate of drug-likeness (QED) is 0.840. The fraction of sp³-hybridized carbons (Fsp3) is 0.231. The number of rotatable bonds is 6. The maximum absolute atomic E-state index is 12.2. The Balaban J connectivity index is 2.31. The summed E-state index contributed by atoms with van der Waals surface area (Å²) in [6.07, 6.45) is 0. The maximum atomic E-state index is 12.2. The van der Waals surface area contributed by atoms with Gasteiger partial charge in [0.15, 0.2) is 0 Å². The number of hydrogen-bond acceptors (Lipinski definition) is 6. The zero-order valence-corrected chi connectivity index (χ0v) is 12.3. The average molecular weight is 313 g/mol. The highest BCUT2D eigenvalue weighted by molar-refractivity contribution is 7.92. The molecule has 0 aliphatic rings. The van der Waals surface area contributed by atoms with E-state index in [2.05, 4.69) is 4.72 Å². The molecule has 1 aromatic carbocycles. The van der Waals surface area contributed by atoms with Gasteiger partial charge in [-0.2, -0.15) is 8.42 Å². The van der Waals surface area contributed by atoms with Crippen molar-refractivity contribution in [3.05, 3.63) is 36.1 Å². The van der Waals surface area contributed by atoms with Crippen LogP contribution in [0.25, 0.3) is 0 Å². The van der Waals surface area contributed by atoms with Crippen LogP contribution in [0.15, 0.2) is 39.8 Å². The molecule has 7 nitrogen and oxygen atoms in total. The van der Waals surface area contributed by atoms with Crippen LogP contribution in [0.1, 0.15) is 5.76 Å². The summed E-state index contributed by atoms with van der Waals surface area (Å²) in [4.78, 5) is 0. The van der Waals surface area contributed by atoms with Gasteiger partial charge in [-0.05, 0) is 12.1 Å². The van der Waals surface area contributed by atoms with E-state index in [-0.39, 0.29) is 23.1 Å². The lowest BCUT2D eigenvalue weighted by atomic mass is 10.3. The van der Waals surface area contributed by atoms with Gasteiger partial charge in [-0.1, -0.05) is 0 Å². The third kappa shape index (κ3) is 3.47. The van der Waals surface area contributed by atoms with Gasteiger partial charge in [0.1, 0.15) is 23.9 Å². The van der Waals surface area contributed by atoms with Gasteiger partial charge in [-0.15, -0.1) is 0 Å². The van der Waals surface area contributed by atoms with Crippen molar-refractivity contribution < 1.29 is 27.4 Å². The number of benzene rings is 1. The third-order valence-corrected chi connectivity index (χ3v) is 3.91. The molecule has 114 valence electrons. The van der Waals surface area contributed by atoms with E-state index >= 15 is 0 Å². The van der Waals surface area contributed by atoms with Gasteiger partial charge in [-0.25, -0.2) is 0 Å². The largest absolute Gasteiger partial charge is 0.497 e. The lowest BCUT2D eigenvalue weighted by Crippen LogP contribution is -2.12. The second-order valence-electron chi connectivity index (χ2n) is 4.09. The molecule has 0 saturated carbocycles. The van der Waals surface area contributed by atoms with E-state index < -0.39 is 10.0 Å². The number of methoxy groups -OCH3 is 2. The summed E-state index contributed by atoms with van der Waals surface area (Å²) in [5.41, 5.74) is 0.271. The van der Waals surface area contributed by atoms with E-state index in [1.165, 1.54) is 38.5 Å². The van der Waals surface area contributed by atoms with Gasteiger partial charge >= 0.3 is 0 Å². The van der Waals surface area contributed by atoms with Crippen LogP contribution in [0.2, 0.25) is 0 Å². The molecular formula is C13H15NO6S. The zero-order valence-electron chi connectivity index (χ0n) is 11.5. The molecular weight excluding hydrogens is 298 g/mol. The van der Waals surface area contributed by atoms with Crippen LogP contribution in [0.5, 0.6) is 11.5 Å². The lowest BCUT2D eigenvalue weighted by Gasteiger charge is -2.10. The number of furan rings is 1. The highest BCUT2D eigenvalue weighted by Gasteiger charge is 2.19. The van der Waals surface area contributed by atoms with Crippen molar-refractivity contribution in [3.8, 4) is 11.5 Å². The first-order valence-corrected chi connectivity index (χ1v) is 7.42. The van der Waals surface area contributed by atoms with E-state index in [9.17, 15) is 8.42 Å². The number of hydrogen-bond donors (Lipinski definition) is 2. The highest BCUT2D eigenvalue weighted by Crippen LogP contribution is 2.27. The Kier molecular flexibility index (Phi) is 4.39. The number of sulfonamides is 1. The van der Waals surface area contributed by atoms with Crippen molar-refractivity contribution in [2.45, 2.75) is 11.7 Å². The standard InChI is InChI=1S/C13H15NO6S/c1-18-11-5-9(6-12(7-11)19-2)14-21(16,17)13-4-3-10(8-15)20-13/h3-7,14-15H,8H2,1-2H3. The van der Waals surface area contributed by atoms with E-state index in [1.54, 1.807) is 6.07 Å². The summed E-state index contributed by atoms with van der Waals surface area (Å²) >= 11 is 0. The fourth-order valence-electron chi connectivity index (χ4n) is 1.66. The monoisotopic (exact) mass is 313 g/mol. The van der Waals surface area contributed by atoms with Crippen LogP contribution >= 0.6 is 0 Å². The summed E-state index contributed by atoms with van der Waals surface area (Å²) in [5, 5.41) is 8.62. The molecule has 0 atom stereocenters. The van der Waals surface area contributed by atoms with E-state index in [0.717, 1.165) is 0 Å². The molecule has 0 spiro atoms. The van der Waals surface area contributed by atoms with Crippen LogP contribution < -0.4 is 14.2 Å². The third-order valence-electron chi connectivity index (χ3n) is 2.66. The molecule has 0 amide bonds. The number of aliphatic hydroxyl groups excluding tert-OH is 1. The summed E-state index contributed by atoms with van der Waals surface area (Å²) in [6.45, 7) is -0.373. The molecule has 0 aliphatic carbocycles. The molecule has 2 aromatic rings. The maximum Gasteiger partial charge on any atom is 0.295 e. The van der Waals surface area contributed by atoms with Gasteiger partial charge in [-0.3, -0.25) is 4.72 Å². The van der Waals surface area contributed by atoms with E-state index in [1.807, 2.05) is 0 Å². The zero-order chi connectivity index (χ0) is 15.5. The first-order chi connectivity index (χ1) is 9.98. The number of anilines is 1. The number of nitrogens with one attached hydrogen (secondary N) is 1. The second kappa shape index (κ2) is 6.06. The predicted octanol–water partition coefficient (Wildman–Crippen LogP) is 1.59. The Labute approximate surface area is 122 Å². The molecule has 0 unspecified atom stereocenters. The molecule has 0 bridgehead atoms. The molecule has 0 aliphatic heterocycles. The molecule has 0 fully saturated rings. The normalized spacial score (nSPS) is 11.2. The summed E-state index contributed by atoms with van der Waals surface area (Å²) < 4.78 is 41.8. The predicted molar refractivity (Wildman–Crippen MR) is 75.0 cm³/mol. The minimum atomic E-state index is -3.89. The molecule has 0 saturated heterocycles. The van der Waals surface area contributed by atoms with Gasteiger partial charge in [0.25, 0.3) is 10.0 Å². The van der Waals surface area contributed by atoms with E-state index in [0.29, 0.717) is 11.5 Å². The van der Waals surface area contributed by atoms with Crippen molar-refractivity contribution in [1.82, 2.24) is 0 Å². The molecule has 0 radical (unpaired) electrons. The molecule has 21 heavy (non-hydrogen) atoms. The van der Waals surface area contributed by atoms with Crippen molar-refractivity contribution in [2.24, 2.45) is 0 Å². The molecule has 1 aromatic heterocycles. The molecule has 1 heterocycles. The van der Waals surface area contributed by atoms with Crippen LogP contribution in [0.3, 0.4) is 0 Å². The highest BCUT2D eigenvalue weighted by atomic mass is 32.2. The summed E-state index contributed by atoms with van der Waals surface area (Å²) in [6, 6.07) is 7.30. The van der Waals surface area contributed by atoms with Crippen molar-refractivity contribution in [1.29, 1.82) is 0 Å². The van der Waals surface area contributed by atoms with Crippen molar-refractivity contribution in [2.75, 3.05) is 18.9 Å². The smallest absolute Gasteiger partial charge is 0.295 e. The number of ether oxygens (including phenoxy) is 2. The van der Waals surface area contributed by atoms with Crippen LogP contribution in [0.4, 0.5) is 5.69 Å². The van der Waals surface area contributed by atoms with Gasteiger partial charge in [0.05, 0.1) is 19.9 Å². The average Bonchev–Trinajstić information content (AvgIpc) is 2.96. The minimum Gasteiger partial charge on any atom is -0.497 e. The SMILES string of the molecule is COc1cc(NS(=O)(=O)c2ccc(CO)o2)cc(OC)c1. The van der Waals surface area contributed by atoms with Crippen molar-refractivity contribution in [3.63, 3.8) is 0 Å². The van der Waals surface area contributed by atoms with Gasteiger partial charge in [0, 0.05) is 18.2 Å². The molecule has 2 rings (SSSR count). The topological polar surface area (TPSA) is 98.0 Å². The summed E-state index contributed by atoms with van der Waals surface area (Å²) in [5.74, 6) is 1.06. The Morgan fingerprint density at radius 2 is 1.76 bits per heavy atom. The Morgan fingerprint density at radius 1 is 1.14 bits per heavy atom. The Bertz CT molecular complexity index is 700. The van der Waals surface area contributed by atoms with Crippen LogP contribution in [-0.2, 0) is 16.6 Å². The lowest BCUT2D eigenvalue weighted by molar-refractivity contribution is 0.236. The van der Waals surface area contributed by atoms with Gasteiger partial charge < -0.3 is 19.0 Å². The number of aliphatic hydroxyl groups is 1. The Morgan fingerprint density at radius 3 is 2.24 bits per heavy atom. The summed E-state index contributed by atoms with van der Waals surface area (Å²) in [7, 11) is -0.961. The van der Waals surface area contributed by atoms with Gasteiger partial charge in [0.2, 0.25) is 5.09 Å². The minimum absolute atomic E-state index is 0.165. The molecule has 2 N–H and O–H groups in total. The van der Waals surface area contributed by atoms with Crippen LogP contribution in [0, 0.1) is 0 Å². The van der Waals surface area contributed by atoms with Crippen molar-refractivity contribution >= 4 is 15.7 Å². The van der Waals surface area contributed by atoms with Crippen LogP contribution in [-0.4, -0.2) is 27.7 Å². The Hall–Kier alpha value is -2.19. The first-order valence-electron chi connectivity index (χ1n) is 5.94. The molecule has 8 heteroatoms. The fourth-order valence-corrected chi connectivity index (χ4v) is 2.65. The first kappa shape index (κ1) is 15.2. The second-order valence-corrected chi connectivity index (χ2v) is 5.70.